The van der Waals surface area contributed by atoms with Gasteiger partial charge in [0.1, 0.15) is 0 Å². The lowest BCUT2D eigenvalue weighted by Gasteiger charge is -2.14. The molecule has 2 rings (SSSR count). The molecule has 0 aliphatic rings. The Bertz CT molecular complexity index is 1120. The highest BCUT2D eigenvalue weighted by atomic mass is 79.9. The molecule has 200 valence electrons. The van der Waals surface area contributed by atoms with Crippen LogP contribution in [-0.2, 0) is 19.1 Å². The van der Waals surface area contributed by atoms with Gasteiger partial charge in [0.05, 0.1) is 23.9 Å². The normalized spacial score (nSPS) is 10.9. The van der Waals surface area contributed by atoms with E-state index in [0.29, 0.717) is 46.8 Å². The second-order valence-electron chi connectivity index (χ2n) is 8.48. The summed E-state index contributed by atoms with van der Waals surface area (Å²) >= 11 is 3.41. The average molecular weight is 577 g/mol. The Labute approximate surface area is 225 Å². The zero-order valence-corrected chi connectivity index (χ0v) is 23.2. The number of nitrogens with zero attached hydrogens (tertiary/aromatic N) is 1. The molecule has 2 aromatic rings. The highest BCUT2D eigenvalue weighted by Gasteiger charge is 2.15. The quantitative estimate of drug-likeness (QED) is 0.154. The first-order valence-corrected chi connectivity index (χ1v) is 12.5. The van der Waals surface area contributed by atoms with Gasteiger partial charge in [0, 0.05) is 18.8 Å². The Morgan fingerprint density at radius 3 is 2.41 bits per heavy atom. The molecule has 0 heterocycles. The topological polar surface area (TPSA) is 127 Å². The van der Waals surface area contributed by atoms with Gasteiger partial charge >= 0.3 is 11.8 Å². The van der Waals surface area contributed by atoms with E-state index in [9.17, 15) is 14.4 Å². The standard InChI is InChI=1S/C26H33BrN4O6/c1-16(2)36-8-6-7-28-25(33)26(34)31-29-14-19-12-21(27)24(22(13-19)35-5)37-15-23(32)30-20-10-17(3)9-18(4)11-20/h9-14,16H,6-8,15H2,1-5H3,(H,28,33)(H,30,32)(H,31,34)/b29-14-. The van der Waals surface area contributed by atoms with Crippen LogP contribution in [0.1, 0.15) is 37.0 Å². The number of rotatable bonds is 12. The van der Waals surface area contributed by atoms with E-state index in [-0.39, 0.29) is 18.6 Å². The number of aryl methyl sites for hydroxylation is 2. The first-order valence-electron chi connectivity index (χ1n) is 11.7. The molecule has 0 aromatic heterocycles. The van der Waals surface area contributed by atoms with Gasteiger partial charge < -0.3 is 24.8 Å². The lowest BCUT2D eigenvalue weighted by Crippen LogP contribution is -2.38. The number of halogens is 1. The van der Waals surface area contributed by atoms with Gasteiger partial charge in [-0.3, -0.25) is 14.4 Å². The number of nitrogens with one attached hydrogen (secondary N) is 3. The number of carbonyl (C=O) groups is 3. The molecule has 11 heteroatoms. The molecule has 0 aliphatic carbocycles. The van der Waals surface area contributed by atoms with E-state index in [4.69, 9.17) is 14.2 Å². The number of hydrazone groups is 1. The molecular weight excluding hydrogens is 544 g/mol. The Morgan fingerprint density at radius 2 is 1.76 bits per heavy atom. The van der Waals surface area contributed by atoms with Crippen LogP contribution in [0.15, 0.2) is 39.9 Å². The van der Waals surface area contributed by atoms with Gasteiger partial charge in [-0.15, -0.1) is 0 Å². The van der Waals surface area contributed by atoms with Crippen molar-refractivity contribution in [2.75, 3.05) is 32.2 Å². The molecule has 2 aromatic carbocycles. The number of anilines is 1. The maximum Gasteiger partial charge on any atom is 0.329 e. The fraction of sp³-hybridized carbons (Fsp3) is 0.385. The molecule has 0 radical (unpaired) electrons. The van der Waals surface area contributed by atoms with E-state index >= 15 is 0 Å². The van der Waals surface area contributed by atoms with Gasteiger partial charge in [-0.25, -0.2) is 5.43 Å². The van der Waals surface area contributed by atoms with Gasteiger partial charge in [-0.05, 0) is 91.0 Å². The monoisotopic (exact) mass is 576 g/mol. The summed E-state index contributed by atoms with van der Waals surface area (Å²) in [6.45, 7) is 8.33. The number of hydrogen-bond donors (Lipinski definition) is 3. The third-order valence-corrected chi connectivity index (χ3v) is 5.34. The van der Waals surface area contributed by atoms with E-state index in [1.807, 2.05) is 45.9 Å². The van der Waals surface area contributed by atoms with Gasteiger partial charge in [0.2, 0.25) is 0 Å². The summed E-state index contributed by atoms with van der Waals surface area (Å²) < 4.78 is 17.0. The second-order valence-corrected chi connectivity index (χ2v) is 9.33. The van der Waals surface area contributed by atoms with Crippen molar-refractivity contribution in [2.24, 2.45) is 5.10 Å². The third kappa shape index (κ3) is 10.6. The number of amides is 3. The fourth-order valence-electron chi connectivity index (χ4n) is 3.23. The summed E-state index contributed by atoms with van der Waals surface area (Å²) in [5, 5.41) is 9.13. The third-order valence-electron chi connectivity index (χ3n) is 4.75. The van der Waals surface area contributed by atoms with Crippen molar-refractivity contribution in [3.63, 3.8) is 0 Å². The summed E-state index contributed by atoms with van der Waals surface area (Å²) in [5.41, 5.74) is 5.52. The molecule has 0 fully saturated rings. The molecule has 0 spiro atoms. The Morgan fingerprint density at radius 1 is 1.05 bits per heavy atom. The molecule has 0 saturated heterocycles. The van der Waals surface area contributed by atoms with Crippen LogP contribution in [0.2, 0.25) is 0 Å². The molecule has 37 heavy (non-hydrogen) atoms. The minimum atomic E-state index is -0.887. The summed E-state index contributed by atoms with van der Waals surface area (Å²) in [5.74, 6) is -1.31. The first kappa shape index (κ1) is 29.8. The minimum Gasteiger partial charge on any atom is -0.493 e. The lowest BCUT2D eigenvalue weighted by molar-refractivity contribution is -0.139. The SMILES string of the molecule is COc1cc(/C=N\NC(=O)C(=O)NCCCOC(C)C)cc(Br)c1OCC(=O)Nc1cc(C)cc(C)c1. The van der Waals surface area contributed by atoms with Crippen LogP contribution < -0.4 is 25.5 Å². The average Bonchev–Trinajstić information content (AvgIpc) is 2.81. The zero-order valence-electron chi connectivity index (χ0n) is 21.6. The van der Waals surface area contributed by atoms with E-state index < -0.39 is 11.8 Å². The largest absolute Gasteiger partial charge is 0.493 e. The summed E-state index contributed by atoms with van der Waals surface area (Å²) in [4.78, 5) is 36.1. The molecule has 0 aliphatic heterocycles. The van der Waals surface area contributed by atoms with E-state index in [1.165, 1.54) is 13.3 Å². The second kappa shape index (κ2) is 15.0. The fourth-order valence-corrected chi connectivity index (χ4v) is 3.80. The summed E-state index contributed by atoms with van der Waals surface area (Å²) in [6.07, 6.45) is 2.06. The first-order chi connectivity index (χ1) is 17.6. The van der Waals surface area contributed by atoms with Crippen LogP contribution in [-0.4, -0.2) is 56.9 Å². The van der Waals surface area contributed by atoms with Crippen molar-refractivity contribution in [3.8, 4) is 11.5 Å². The molecule has 3 N–H and O–H groups in total. The highest BCUT2D eigenvalue weighted by Crippen LogP contribution is 2.36. The van der Waals surface area contributed by atoms with E-state index in [1.54, 1.807) is 12.1 Å². The molecule has 0 saturated carbocycles. The smallest absolute Gasteiger partial charge is 0.329 e. The van der Waals surface area contributed by atoms with Crippen LogP contribution in [0, 0.1) is 13.8 Å². The molecule has 0 unspecified atom stereocenters. The number of benzene rings is 2. The molecule has 0 bridgehead atoms. The van der Waals surface area contributed by atoms with Crippen molar-refractivity contribution in [3.05, 3.63) is 51.5 Å². The molecular formula is C26H33BrN4O6. The number of hydrogen-bond acceptors (Lipinski definition) is 7. The van der Waals surface area contributed by atoms with Gasteiger partial charge in [-0.2, -0.15) is 5.10 Å². The minimum absolute atomic E-state index is 0.112. The molecule has 3 amide bonds. The molecule has 0 atom stereocenters. The predicted molar refractivity (Wildman–Crippen MR) is 145 cm³/mol. The van der Waals surface area contributed by atoms with E-state index in [0.717, 1.165) is 11.1 Å². The maximum atomic E-state index is 12.4. The van der Waals surface area contributed by atoms with Crippen LogP contribution in [0.25, 0.3) is 0 Å². The van der Waals surface area contributed by atoms with Crippen molar-refractivity contribution >= 4 is 45.6 Å². The van der Waals surface area contributed by atoms with Crippen molar-refractivity contribution in [1.29, 1.82) is 0 Å². The number of methoxy groups -OCH3 is 1. The van der Waals surface area contributed by atoms with Crippen LogP contribution >= 0.6 is 15.9 Å². The van der Waals surface area contributed by atoms with Gasteiger partial charge in [0.15, 0.2) is 18.1 Å². The van der Waals surface area contributed by atoms with Gasteiger partial charge in [0.25, 0.3) is 5.91 Å². The highest BCUT2D eigenvalue weighted by molar-refractivity contribution is 9.10. The lowest BCUT2D eigenvalue weighted by atomic mass is 10.1. The number of ether oxygens (including phenoxy) is 3. The Kier molecular flexibility index (Phi) is 12.0. The Balaban J connectivity index is 1.90. The maximum absolute atomic E-state index is 12.4. The van der Waals surface area contributed by atoms with Gasteiger partial charge in [-0.1, -0.05) is 6.07 Å². The number of carbonyl (C=O) groups excluding carboxylic acids is 3. The van der Waals surface area contributed by atoms with Crippen molar-refractivity contribution in [1.82, 2.24) is 10.7 Å². The van der Waals surface area contributed by atoms with E-state index in [2.05, 4.69) is 37.1 Å². The predicted octanol–water partition coefficient (Wildman–Crippen LogP) is 3.47. The summed E-state index contributed by atoms with van der Waals surface area (Å²) in [6, 6.07) is 9.06. The van der Waals surface area contributed by atoms with Crippen LogP contribution in [0.3, 0.4) is 0 Å². The zero-order chi connectivity index (χ0) is 27.4. The Hall–Kier alpha value is -3.44. The van der Waals surface area contributed by atoms with Crippen LogP contribution in [0.4, 0.5) is 5.69 Å². The van der Waals surface area contributed by atoms with Crippen LogP contribution in [0.5, 0.6) is 11.5 Å². The molecule has 10 nitrogen and oxygen atoms in total. The van der Waals surface area contributed by atoms with Crippen molar-refractivity contribution in [2.45, 2.75) is 40.2 Å². The van der Waals surface area contributed by atoms with Crippen molar-refractivity contribution < 1.29 is 28.6 Å². The summed E-state index contributed by atoms with van der Waals surface area (Å²) in [7, 11) is 1.46.